The van der Waals surface area contributed by atoms with E-state index in [-0.39, 0.29) is 24.5 Å². The fourth-order valence-corrected chi connectivity index (χ4v) is 3.67. The van der Waals surface area contributed by atoms with E-state index in [9.17, 15) is 9.90 Å². The van der Waals surface area contributed by atoms with Crippen molar-refractivity contribution in [2.75, 3.05) is 0 Å². The topological polar surface area (TPSA) is 71.5 Å². The third kappa shape index (κ3) is 5.70. The smallest absolute Gasteiger partial charge is 0.226 e. The number of carbonyl (C=O) groups excluding carboxylic acids is 1. The van der Waals surface area contributed by atoms with Crippen molar-refractivity contribution in [2.24, 2.45) is 0 Å². The fourth-order valence-electron chi connectivity index (χ4n) is 2.84. The highest BCUT2D eigenvalue weighted by Crippen LogP contribution is 2.20. The first-order chi connectivity index (χ1) is 12.1. The normalized spacial score (nSPS) is 20.2. The maximum absolute atomic E-state index is 12.1. The summed E-state index contributed by atoms with van der Waals surface area (Å²) in [6, 6.07) is 7.34. The number of nitrogens with one attached hydrogen (secondary N) is 1. The zero-order chi connectivity index (χ0) is 17.6. The summed E-state index contributed by atoms with van der Waals surface area (Å²) in [6.45, 7) is 0.369. The summed E-state index contributed by atoms with van der Waals surface area (Å²) in [4.78, 5) is 16.6. The number of amides is 1. The third-order valence-corrected chi connectivity index (χ3v) is 5.30. The highest BCUT2D eigenvalue weighted by atomic mass is 35.5. The lowest BCUT2D eigenvalue weighted by molar-refractivity contribution is -0.121. The Kier molecular flexibility index (Phi) is 6.29. The molecule has 1 aromatic carbocycles. The van der Waals surface area contributed by atoms with E-state index in [4.69, 9.17) is 16.3 Å². The SMILES string of the molecule is O=C(Cc1csc(COc2ccc(Cl)cc2)n1)NC1CCC(O)CC1. The number of hydrogen-bond acceptors (Lipinski definition) is 5. The van der Waals surface area contributed by atoms with Crippen LogP contribution in [0.15, 0.2) is 29.6 Å². The van der Waals surface area contributed by atoms with Crippen LogP contribution in [0.25, 0.3) is 0 Å². The van der Waals surface area contributed by atoms with Crippen molar-refractivity contribution in [1.82, 2.24) is 10.3 Å². The van der Waals surface area contributed by atoms with Crippen LogP contribution >= 0.6 is 22.9 Å². The van der Waals surface area contributed by atoms with Gasteiger partial charge in [0.05, 0.1) is 18.2 Å². The van der Waals surface area contributed by atoms with Gasteiger partial charge in [0.15, 0.2) is 0 Å². The maximum Gasteiger partial charge on any atom is 0.226 e. The lowest BCUT2D eigenvalue weighted by atomic mass is 9.93. The molecule has 1 saturated carbocycles. The van der Waals surface area contributed by atoms with Gasteiger partial charge >= 0.3 is 0 Å². The molecular weight excluding hydrogens is 360 g/mol. The van der Waals surface area contributed by atoms with Gasteiger partial charge in [-0.3, -0.25) is 4.79 Å². The van der Waals surface area contributed by atoms with Crippen molar-refractivity contribution < 1.29 is 14.6 Å². The van der Waals surface area contributed by atoms with E-state index in [1.54, 1.807) is 12.1 Å². The van der Waals surface area contributed by atoms with Gasteiger partial charge in [0, 0.05) is 16.4 Å². The fraction of sp³-hybridized carbons (Fsp3) is 0.444. The number of carbonyl (C=O) groups is 1. The summed E-state index contributed by atoms with van der Waals surface area (Å²) >= 11 is 7.33. The Bertz CT molecular complexity index is 697. The molecule has 0 atom stereocenters. The van der Waals surface area contributed by atoms with Crippen molar-refractivity contribution >= 4 is 28.8 Å². The highest BCUT2D eigenvalue weighted by Gasteiger charge is 2.21. The van der Waals surface area contributed by atoms with Crippen LogP contribution in [0.3, 0.4) is 0 Å². The molecule has 0 unspecified atom stereocenters. The number of nitrogens with zero attached hydrogens (tertiary/aromatic N) is 1. The van der Waals surface area contributed by atoms with Crippen LogP contribution in [0.2, 0.25) is 5.02 Å². The minimum Gasteiger partial charge on any atom is -0.486 e. The average Bonchev–Trinajstić information content (AvgIpc) is 3.04. The number of hydrogen-bond donors (Lipinski definition) is 2. The third-order valence-electron chi connectivity index (χ3n) is 4.18. The molecule has 0 spiro atoms. The van der Waals surface area contributed by atoms with Crippen LogP contribution in [0.4, 0.5) is 0 Å². The Morgan fingerprint density at radius 1 is 1.28 bits per heavy atom. The Labute approximate surface area is 156 Å². The molecule has 134 valence electrons. The Morgan fingerprint density at radius 2 is 2.00 bits per heavy atom. The van der Waals surface area contributed by atoms with Crippen molar-refractivity contribution in [1.29, 1.82) is 0 Å². The van der Waals surface area contributed by atoms with Crippen molar-refractivity contribution in [3.63, 3.8) is 0 Å². The average molecular weight is 381 g/mol. The molecule has 0 radical (unpaired) electrons. The number of aliphatic hydroxyl groups excluding tert-OH is 1. The summed E-state index contributed by atoms with van der Waals surface area (Å²) in [5.74, 6) is 0.718. The second-order valence-electron chi connectivity index (χ2n) is 6.22. The Balaban J connectivity index is 1.44. The first kappa shape index (κ1) is 18.2. The molecule has 1 aliphatic carbocycles. The molecule has 1 aromatic heterocycles. The van der Waals surface area contributed by atoms with Gasteiger partial charge in [-0.15, -0.1) is 11.3 Å². The van der Waals surface area contributed by atoms with Crippen LogP contribution in [-0.2, 0) is 17.8 Å². The minimum atomic E-state index is -0.213. The summed E-state index contributed by atoms with van der Waals surface area (Å²) in [5, 5.41) is 15.9. The lowest BCUT2D eigenvalue weighted by Crippen LogP contribution is -2.39. The molecular formula is C18H21ClN2O3S. The Morgan fingerprint density at radius 3 is 2.72 bits per heavy atom. The number of ether oxygens (including phenoxy) is 1. The van der Waals surface area contributed by atoms with E-state index in [2.05, 4.69) is 10.3 Å². The van der Waals surface area contributed by atoms with Gasteiger partial charge in [0.25, 0.3) is 0 Å². The van der Waals surface area contributed by atoms with Crippen molar-refractivity contribution in [3.8, 4) is 5.75 Å². The van der Waals surface area contributed by atoms with Crippen molar-refractivity contribution in [3.05, 3.63) is 45.4 Å². The molecule has 0 aliphatic heterocycles. The van der Waals surface area contributed by atoms with Gasteiger partial charge in [-0.25, -0.2) is 4.98 Å². The number of benzene rings is 1. The molecule has 1 aliphatic rings. The minimum absolute atomic E-state index is 0.0168. The van der Waals surface area contributed by atoms with Gasteiger partial charge < -0.3 is 15.2 Å². The molecule has 1 fully saturated rings. The molecule has 1 heterocycles. The number of rotatable bonds is 6. The molecule has 0 bridgehead atoms. The lowest BCUT2D eigenvalue weighted by Gasteiger charge is -2.26. The van der Waals surface area contributed by atoms with Gasteiger partial charge in [-0.05, 0) is 49.9 Å². The predicted molar refractivity (Wildman–Crippen MR) is 98.0 cm³/mol. The summed E-state index contributed by atoms with van der Waals surface area (Å²) in [7, 11) is 0. The second-order valence-corrected chi connectivity index (χ2v) is 7.60. The van der Waals surface area contributed by atoms with E-state index in [0.717, 1.165) is 42.1 Å². The van der Waals surface area contributed by atoms with Gasteiger partial charge in [0.1, 0.15) is 17.4 Å². The van der Waals surface area contributed by atoms with Crippen LogP contribution < -0.4 is 10.1 Å². The van der Waals surface area contributed by atoms with Gasteiger partial charge in [-0.2, -0.15) is 0 Å². The van der Waals surface area contributed by atoms with Gasteiger partial charge in [-0.1, -0.05) is 11.6 Å². The summed E-state index contributed by atoms with van der Waals surface area (Å²) in [6.07, 6.45) is 3.25. The van der Waals surface area contributed by atoms with Crippen LogP contribution in [-0.4, -0.2) is 28.1 Å². The monoisotopic (exact) mass is 380 g/mol. The van der Waals surface area contributed by atoms with E-state index in [0.29, 0.717) is 11.6 Å². The standard InChI is InChI=1S/C18H21ClN2O3S/c19-12-1-7-16(8-2-12)24-10-18-21-14(11-25-18)9-17(23)20-13-3-5-15(22)6-4-13/h1-2,7-8,11,13,15,22H,3-6,9-10H2,(H,20,23). The quantitative estimate of drug-likeness (QED) is 0.806. The molecule has 1 amide bonds. The summed E-state index contributed by atoms with van der Waals surface area (Å²) in [5.41, 5.74) is 0.757. The zero-order valence-electron chi connectivity index (χ0n) is 13.8. The highest BCUT2D eigenvalue weighted by molar-refractivity contribution is 7.09. The van der Waals surface area contributed by atoms with Crippen LogP contribution in [0.1, 0.15) is 36.4 Å². The van der Waals surface area contributed by atoms with E-state index in [1.165, 1.54) is 11.3 Å². The van der Waals surface area contributed by atoms with Crippen molar-refractivity contribution in [2.45, 2.75) is 50.9 Å². The van der Waals surface area contributed by atoms with Gasteiger partial charge in [0.2, 0.25) is 5.91 Å². The van der Waals surface area contributed by atoms with Crippen LogP contribution in [0.5, 0.6) is 5.75 Å². The molecule has 3 rings (SSSR count). The largest absolute Gasteiger partial charge is 0.486 e. The Hall–Kier alpha value is -1.63. The summed E-state index contributed by atoms with van der Waals surface area (Å²) < 4.78 is 5.66. The number of halogens is 1. The maximum atomic E-state index is 12.1. The molecule has 25 heavy (non-hydrogen) atoms. The predicted octanol–water partition coefficient (Wildman–Crippen LogP) is 3.34. The molecule has 7 heteroatoms. The molecule has 2 aromatic rings. The molecule has 2 N–H and O–H groups in total. The van der Waals surface area contributed by atoms with E-state index < -0.39 is 0 Å². The van der Waals surface area contributed by atoms with Crippen LogP contribution in [0, 0.1) is 0 Å². The first-order valence-corrected chi connectivity index (χ1v) is 9.63. The molecule has 5 nitrogen and oxygen atoms in total. The molecule has 0 saturated heterocycles. The second kappa shape index (κ2) is 8.65. The number of aromatic nitrogens is 1. The zero-order valence-corrected chi connectivity index (χ0v) is 15.4. The van der Waals surface area contributed by atoms with E-state index in [1.807, 2.05) is 17.5 Å². The van der Waals surface area contributed by atoms with E-state index >= 15 is 0 Å². The number of thiazole rings is 1. The number of aliphatic hydroxyl groups is 1. The first-order valence-electron chi connectivity index (χ1n) is 8.37.